The Balaban J connectivity index is 0.00000145. The molecule has 3 N–H and O–H groups in total. The van der Waals surface area contributed by atoms with Gasteiger partial charge in [0.2, 0.25) is 0 Å². The SMILES string of the molecule is CC.CC(C)(C)OC(=O)N1CCN(c2cccc(NCc3ccccc3)c2N)C1. The van der Waals surface area contributed by atoms with Gasteiger partial charge >= 0.3 is 6.09 Å². The van der Waals surface area contributed by atoms with Crippen LogP contribution in [0, 0.1) is 0 Å². The zero-order valence-corrected chi connectivity index (χ0v) is 18.2. The minimum absolute atomic E-state index is 0.290. The Labute approximate surface area is 174 Å². The van der Waals surface area contributed by atoms with E-state index in [1.165, 1.54) is 5.56 Å². The Bertz CT molecular complexity index is 787. The van der Waals surface area contributed by atoms with Crippen LogP contribution in [0.2, 0.25) is 0 Å². The van der Waals surface area contributed by atoms with Gasteiger partial charge in [-0.25, -0.2) is 4.79 Å². The van der Waals surface area contributed by atoms with E-state index in [-0.39, 0.29) is 6.09 Å². The van der Waals surface area contributed by atoms with Crippen molar-refractivity contribution in [2.45, 2.75) is 46.8 Å². The van der Waals surface area contributed by atoms with E-state index in [9.17, 15) is 4.79 Å². The van der Waals surface area contributed by atoms with Gasteiger partial charge in [-0.3, -0.25) is 4.90 Å². The van der Waals surface area contributed by atoms with Crippen molar-refractivity contribution in [3.63, 3.8) is 0 Å². The molecule has 1 aliphatic heterocycles. The lowest BCUT2D eigenvalue weighted by Crippen LogP contribution is -2.36. The molecule has 158 valence electrons. The first-order valence-corrected chi connectivity index (χ1v) is 10.2. The van der Waals surface area contributed by atoms with Crippen molar-refractivity contribution in [3.8, 4) is 0 Å². The number of hydrogen-bond donors (Lipinski definition) is 2. The normalized spacial score (nSPS) is 13.6. The fourth-order valence-corrected chi connectivity index (χ4v) is 3.04. The average Bonchev–Trinajstić information content (AvgIpc) is 3.18. The molecule has 1 saturated heterocycles. The summed E-state index contributed by atoms with van der Waals surface area (Å²) >= 11 is 0. The number of carbonyl (C=O) groups excluding carboxylic acids is 1. The van der Waals surface area contributed by atoms with Gasteiger partial charge in [0, 0.05) is 19.6 Å². The fraction of sp³-hybridized carbons (Fsp3) is 0.435. The molecule has 0 unspecified atom stereocenters. The number of amides is 1. The molecule has 0 aromatic heterocycles. The standard InChI is InChI=1S/C21H28N4O2.C2H6/c1-21(2,3)27-20(26)25-13-12-24(15-25)18-11-7-10-17(19(18)22)23-14-16-8-5-4-6-9-16;1-2/h4-11,23H,12-15,22H2,1-3H3;1-2H3. The summed E-state index contributed by atoms with van der Waals surface area (Å²) in [4.78, 5) is 16.1. The van der Waals surface area contributed by atoms with Crippen LogP contribution < -0.4 is 16.0 Å². The summed E-state index contributed by atoms with van der Waals surface area (Å²) in [5.41, 5.74) is 9.63. The molecule has 0 atom stereocenters. The number of carbonyl (C=O) groups is 1. The first-order valence-electron chi connectivity index (χ1n) is 10.2. The van der Waals surface area contributed by atoms with E-state index < -0.39 is 5.60 Å². The van der Waals surface area contributed by atoms with Gasteiger partial charge in [-0.15, -0.1) is 0 Å². The summed E-state index contributed by atoms with van der Waals surface area (Å²) in [7, 11) is 0. The van der Waals surface area contributed by atoms with Crippen LogP contribution in [0.25, 0.3) is 0 Å². The maximum Gasteiger partial charge on any atom is 0.411 e. The van der Waals surface area contributed by atoms with Crippen LogP contribution in [0.15, 0.2) is 48.5 Å². The number of benzene rings is 2. The molecule has 1 amide bonds. The van der Waals surface area contributed by atoms with E-state index in [0.29, 0.717) is 25.4 Å². The smallest absolute Gasteiger partial charge is 0.411 e. The minimum Gasteiger partial charge on any atom is -0.444 e. The maximum absolute atomic E-state index is 12.3. The molecule has 2 aromatic rings. The van der Waals surface area contributed by atoms with Gasteiger partial charge in [-0.1, -0.05) is 50.2 Å². The number of ether oxygens (including phenoxy) is 1. The van der Waals surface area contributed by atoms with E-state index in [1.807, 2.05) is 71.0 Å². The predicted octanol–water partition coefficient (Wildman–Crippen LogP) is 4.92. The summed E-state index contributed by atoms with van der Waals surface area (Å²) in [6.45, 7) is 12.2. The van der Waals surface area contributed by atoms with Crippen LogP contribution in [0.5, 0.6) is 0 Å². The highest BCUT2D eigenvalue weighted by atomic mass is 16.6. The van der Waals surface area contributed by atoms with Crippen LogP contribution >= 0.6 is 0 Å². The summed E-state index contributed by atoms with van der Waals surface area (Å²) in [6.07, 6.45) is -0.290. The quantitative estimate of drug-likeness (QED) is 0.715. The second kappa shape index (κ2) is 10.0. The van der Waals surface area contributed by atoms with Gasteiger partial charge in [0.25, 0.3) is 0 Å². The molecule has 1 fully saturated rings. The largest absolute Gasteiger partial charge is 0.444 e. The number of nitrogens with zero attached hydrogens (tertiary/aromatic N) is 2. The zero-order valence-electron chi connectivity index (χ0n) is 18.2. The monoisotopic (exact) mass is 398 g/mol. The van der Waals surface area contributed by atoms with E-state index >= 15 is 0 Å². The summed E-state index contributed by atoms with van der Waals surface area (Å²) in [6, 6.07) is 16.1. The number of rotatable bonds is 4. The Morgan fingerprint density at radius 3 is 2.41 bits per heavy atom. The summed E-state index contributed by atoms with van der Waals surface area (Å²) in [5.74, 6) is 0. The number of nitrogen functional groups attached to an aromatic ring is 1. The Kier molecular flexibility index (Phi) is 7.76. The second-order valence-electron chi connectivity index (χ2n) is 7.73. The molecule has 6 heteroatoms. The number of anilines is 3. The Hall–Kier alpha value is -2.89. The van der Waals surface area contributed by atoms with Gasteiger partial charge in [0.05, 0.1) is 23.7 Å². The van der Waals surface area contributed by atoms with Crippen molar-refractivity contribution in [2.24, 2.45) is 0 Å². The van der Waals surface area contributed by atoms with Crippen LogP contribution in [0.3, 0.4) is 0 Å². The summed E-state index contributed by atoms with van der Waals surface area (Å²) in [5, 5.41) is 3.40. The first-order chi connectivity index (χ1) is 13.8. The number of nitrogens with one attached hydrogen (secondary N) is 1. The molecular formula is C23H34N4O2. The molecule has 0 saturated carbocycles. The zero-order chi connectivity index (χ0) is 21.4. The van der Waals surface area contributed by atoms with E-state index in [4.69, 9.17) is 10.5 Å². The Morgan fingerprint density at radius 2 is 1.76 bits per heavy atom. The highest BCUT2D eigenvalue weighted by molar-refractivity contribution is 5.82. The van der Waals surface area contributed by atoms with Gasteiger partial charge in [0.15, 0.2) is 0 Å². The highest BCUT2D eigenvalue weighted by Gasteiger charge is 2.29. The third-order valence-electron chi connectivity index (χ3n) is 4.38. The van der Waals surface area contributed by atoms with Crippen molar-refractivity contribution in [2.75, 3.05) is 35.7 Å². The van der Waals surface area contributed by atoms with Gasteiger partial charge < -0.3 is 20.7 Å². The van der Waals surface area contributed by atoms with Crippen molar-refractivity contribution >= 4 is 23.2 Å². The lowest BCUT2D eigenvalue weighted by Gasteiger charge is -2.25. The molecule has 3 rings (SSSR count). The summed E-state index contributed by atoms with van der Waals surface area (Å²) < 4.78 is 5.46. The first kappa shape index (κ1) is 22.4. The lowest BCUT2D eigenvalue weighted by atomic mass is 10.2. The third-order valence-corrected chi connectivity index (χ3v) is 4.38. The molecule has 1 heterocycles. The van der Waals surface area contributed by atoms with Crippen molar-refractivity contribution in [3.05, 3.63) is 54.1 Å². The van der Waals surface area contributed by atoms with Crippen LogP contribution in [-0.2, 0) is 11.3 Å². The van der Waals surface area contributed by atoms with Gasteiger partial charge in [0.1, 0.15) is 5.60 Å². The van der Waals surface area contributed by atoms with Crippen LogP contribution in [0.1, 0.15) is 40.2 Å². The van der Waals surface area contributed by atoms with Crippen molar-refractivity contribution in [1.29, 1.82) is 0 Å². The molecule has 0 aliphatic carbocycles. The molecule has 29 heavy (non-hydrogen) atoms. The van der Waals surface area contributed by atoms with E-state index in [0.717, 1.165) is 17.9 Å². The minimum atomic E-state index is -0.495. The number of nitrogens with two attached hydrogens (primary N) is 1. The van der Waals surface area contributed by atoms with Gasteiger partial charge in [-0.2, -0.15) is 0 Å². The number of para-hydroxylation sites is 1. The predicted molar refractivity (Wildman–Crippen MR) is 121 cm³/mol. The Morgan fingerprint density at radius 1 is 1.07 bits per heavy atom. The maximum atomic E-state index is 12.3. The molecule has 6 nitrogen and oxygen atoms in total. The molecule has 2 aromatic carbocycles. The lowest BCUT2D eigenvalue weighted by molar-refractivity contribution is 0.0297. The molecule has 0 bridgehead atoms. The molecule has 0 radical (unpaired) electrons. The average molecular weight is 399 g/mol. The topological polar surface area (TPSA) is 70.8 Å². The third kappa shape index (κ3) is 6.31. The molecule has 1 aliphatic rings. The highest BCUT2D eigenvalue weighted by Crippen LogP contribution is 2.32. The van der Waals surface area contributed by atoms with Crippen LogP contribution in [-0.4, -0.2) is 36.4 Å². The van der Waals surface area contributed by atoms with E-state index in [1.54, 1.807) is 4.90 Å². The van der Waals surface area contributed by atoms with E-state index in [2.05, 4.69) is 22.3 Å². The van der Waals surface area contributed by atoms with Crippen molar-refractivity contribution in [1.82, 2.24) is 4.90 Å². The molecule has 0 spiro atoms. The van der Waals surface area contributed by atoms with Crippen molar-refractivity contribution < 1.29 is 9.53 Å². The van der Waals surface area contributed by atoms with Gasteiger partial charge in [-0.05, 0) is 38.5 Å². The number of hydrogen-bond acceptors (Lipinski definition) is 5. The van der Waals surface area contributed by atoms with Crippen LogP contribution in [0.4, 0.5) is 21.9 Å². The fourth-order valence-electron chi connectivity index (χ4n) is 3.04. The molecular weight excluding hydrogens is 364 g/mol. The second-order valence-corrected chi connectivity index (χ2v) is 7.73.